The largest absolute Gasteiger partial charge is 0.348 e. The average molecular weight is 273 g/mol. The predicted molar refractivity (Wildman–Crippen MR) is 71.2 cm³/mol. The second kappa shape index (κ2) is 5.67. The molecule has 0 spiro atoms. The van der Waals surface area contributed by atoms with E-state index in [0.29, 0.717) is 6.54 Å². The molecule has 100 valence electrons. The molecule has 1 atom stereocenters. The van der Waals surface area contributed by atoms with Crippen LogP contribution in [-0.2, 0) is 0 Å². The highest BCUT2D eigenvalue weighted by Crippen LogP contribution is 2.20. The minimum Gasteiger partial charge on any atom is -0.348 e. The highest BCUT2D eigenvalue weighted by atomic mass is 35.5. The maximum atomic E-state index is 13.3. The second-order valence-corrected chi connectivity index (χ2v) is 5.66. The van der Waals surface area contributed by atoms with E-state index in [4.69, 9.17) is 17.3 Å². The van der Waals surface area contributed by atoms with E-state index < -0.39 is 5.82 Å². The van der Waals surface area contributed by atoms with Crippen molar-refractivity contribution in [1.82, 2.24) is 5.32 Å². The van der Waals surface area contributed by atoms with Crippen molar-refractivity contribution in [1.29, 1.82) is 0 Å². The van der Waals surface area contributed by atoms with Crippen LogP contribution < -0.4 is 11.1 Å². The Morgan fingerprint density at radius 2 is 2.11 bits per heavy atom. The third-order valence-electron chi connectivity index (χ3n) is 2.77. The number of benzene rings is 1. The lowest BCUT2D eigenvalue weighted by molar-refractivity contribution is 0.0905. The fraction of sp³-hybridized carbons (Fsp3) is 0.462. The zero-order valence-electron chi connectivity index (χ0n) is 10.8. The number of amides is 1. The van der Waals surface area contributed by atoms with Crippen LogP contribution in [0.2, 0.25) is 5.02 Å². The van der Waals surface area contributed by atoms with Gasteiger partial charge in [0.1, 0.15) is 5.82 Å². The number of halogens is 2. The van der Waals surface area contributed by atoms with Gasteiger partial charge in [0.25, 0.3) is 5.91 Å². The van der Waals surface area contributed by atoms with Crippen LogP contribution in [0.25, 0.3) is 0 Å². The fourth-order valence-corrected chi connectivity index (χ4v) is 1.63. The van der Waals surface area contributed by atoms with Crippen LogP contribution in [0, 0.1) is 11.2 Å². The summed E-state index contributed by atoms with van der Waals surface area (Å²) in [4.78, 5) is 11.9. The molecule has 0 heterocycles. The van der Waals surface area contributed by atoms with Crippen LogP contribution in [0.5, 0.6) is 0 Å². The minimum atomic E-state index is -0.607. The molecule has 0 radical (unpaired) electrons. The lowest BCUT2D eigenvalue weighted by Gasteiger charge is -2.30. The van der Waals surface area contributed by atoms with Gasteiger partial charge in [-0.05, 0) is 23.6 Å². The van der Waals surface area contributed by atoms with Gasteiger partial charge in [0.2, 0.25) is 0 Å². The van der Waals surface area contributed by atoms with Gasteiger partial charge < -0.3 is 11.1 Å². The smallest absolute Gasteiger partial charge is 0.251 e. The highest BCUT2D eigenvalue weighted by Gasteiger charge is 2.25. The van der Waals surface area contributed by atoms with Crippen LogP contribution in [0.1, 0.15) is 31.1 Å². The first-order valence-electron chi connectivity index (χ1n) is 5.71. The molecular weight excluding hydrogens is 255 g/mol. The number of nitrogens with two attached hydrogens (primary N) is 1. The van der Waals surface area contributed by atoms with Crippen LogP contribution in [0.3, 0.4) is 0 Å². The summed E-state index contributed by atoms with van der Waals surface area (Å²) < 4.78 is 13.3. The third kappa shape index (κ3) is 3.68. The van der Waals surface area contributed by atoms with Gasteiger partial charge in [0.05, 0.1) is 5.02 Å². The fourth-order valence-electron chi connectivity index (χ4n) is 1.51. The molecule has 0 aliphatic carbocycles. The molecule has 1 aromatic rings. The van der Waals surface area contributed by atoms with Gasteiger partial charge in [-0.2, -0.15) is 0 Å². The SMILES string of the molecule is CC(C)(C)C(CN)NC(=O)c1ccc(Cl)c(F)c1. The number of hydrogen-bond acceptors (Lipinski definition) is 2. The molecule has 1 rings (SSSR count). The molecule has 0 bridgehead atoms. The predicted octanol–water partition coefficient (Wildman–Crippen LogP) is 2.58. The Kier molecular flexibility index (Phi) is 4.71. The van der Waals surface area contributed by atoms with Crippen molar-refractivity contribution >= 4 is 17.5 Å². The van der Waals surface area contributed by atoms with Crippen LogP contribution in [0.4, 0.5) is 4.39 Å². The molecule has 3 nitrogen and oxygen atoms in total. The number of rotatable bonds is 3. The summed E-state index contributed by atoms with van der Waals surface area (Å²) >= 11 is 5.56. The van der Waals surface area contributed by atoms with Crippen molar-refractivity contribution in [2.45, 2.75) is 26.8 Å². The van der Waals surface area contributed by atoms with Crippen LogP contribution >= 0.6 is 11.6 Å². The van der Waals surface area contributed by atoms with E-state index in [1.165, 1.54) is 12.1 Å². The van der Waals surface area contributed by atoms with E-state index in [0.717, 1.165) is 6.07 Å². The number of hydrogen-bond donors (Lipinski definition) is 2. The van der Waals surface area contributed by atoms with Gasteiger partial charge in [-0.25, -0.2) is 4.39 Å². The first kappa shape index (κ1) is 14.9. The van der Waals surface area contributed by atoms with E-state index in [1.54, 1.807) is 0 Å². The van der Waals surface area contributed by atoms with E-state index in [1.807, 2.05) is 20.8 Å². The van der Waals surface area contributed by atoms with Crippen molar-refractivity contribution in [3.8, 4) is 0 Å². The zero-order valence-corrected chi connectivity index (χ0v) is 11.5. The Balaban J connectivity index is 2.85. The van der Waals surface area contributed by atoms with E-state index >= 15 is 0 Å². The molecular formula is C13H18ClFN2O. The third-order valence-corrected chi connectivity index (χ3v) is 3.07. The molecule has 0 aromatic heterocycles. The molecule has 0 saturated heterocycles. The lowest BCUT2D eigenvalue weighted by atomic mass is 9.86. The molecule has 0 aliphatic heterocycles. The minimum absolute atomic E-state index is 0.00209. The van der Waals surface area contributed by atoms with Crippen LogP contribution in [0.15, 0.2) is 18.2 Å². The lowest BCUT2D eigenvalue weighted by Crippen LogP contribution is -2.48. The molecule has 3 N–H and O–H groups in total. The van der Waals surface area contributed by atoms with E-state index in [-0.39, 0.29) is 28.0 Å². The number of nitrogens with one attached hydrogen (secondary N) is 1. The first-order valence-corrected chi connectivity index (χ1v) is 6.09. The Morgan fingerprint density at radius 3 is 2.56 bits per heavy atom. The topological polar surface area (TPSA) is 55.1 Å². The van der Waals surface area contributed by atoms with Crippen molar-refractivity contribution in [3.63, 3.8) is 0 Å². The van der Waals surface area contributed by atoms with Crippen molar-refractivity contribution in [3.05, 3.63) is 34.6 Å². The normalized spacial score (nSPS) is 13.2. The van der Waals surface area contributed by atoms with Gasteiger partial charge >= 0.3 is 0 Å². The molecule has 1 aromatic carbocycles. The maximum Gasteiger partial charge on any atom is 0.251 e. The van der Waals surface area contributed by atoms with Crippen molar-refractivity contribution < 1.29 is 9.18 Å². The average Bonchev–Trinajstić information content (AvgIpc) is 2.27. The Bertz CT molecular complexity index is 443. The summed E-state index contributed by atoms with van der Waals surface area (Å²) in [5.41, 5.74) is 5.71. The van der Waals surface area contributed by atoms with E-state index in [9.17, 15) is 9.18 Å². The summed E-state index contributed by atoms with van der Waals surface area (Å²) in [6.07, 6.45) is 0. The highest BCUT2D eigenvalue weighted by molar-refractivity contribution is 6.30. The molecule has 0 aliphatic rings. The summed E-state index contributed by atoms with van der Waals surface area (Å²) in [7, 11) is 0. The second-order valence-electron chi connectivity index (χ2n) is 5.26. The Hall–Kier alpha value is -1.13. The first-order chi connectivity index (χ1) is 8.25. The van der Waals surface area contributed by atoms with Crippen molar-refractivity contribution in [2.75, 3.05) is 6.54 Å². The Morgan fingerprint density at radius 1 is 1.50 bits per heavy atom. The zero-order chi connectivity index (χ0) is 13.9. The summed E-state index contributed by atoms with van der Waals surface area (Å²) in [5, 5.41) is 2.79. The molecule has 0 saturated carbocycles. The monoisotopic (exact) mass is 272 g/mol. The molecule has 5 heteroatoms. The van der Waals surface area contributed by atoms with Gasteiger partial charge in [-0.3, -0.25) is 4.79 Å². The van der Waals surface area contributed by atoms with Gasteiger partial charge in [-0.1, -0.05) is 32.4 Å². The summed E-state index contributed by atoms with van der Waals surface area (Å²) in [5.74, 6) is -0.958. The standard InChI is InChI=1S/C13H18ClFN2O/c1-13(2,3)11(7-16)17-12(18)8-4-5-9(14)10(15)6-8/h4-6,11H,7,16H2,1-3H3,(H,17,18). The number of carbonyl (C=O) groups is 1. The summed E-state index contributed by atoms with van der Waals surface area (Å²) in [6.45, 7) is 6.26. The molecule has 0 fully saturated rings. The maximum absolute atomic E-state index is 13.3. The van der Waals surface area contributed by atoms with Crippen LogP contribution in [-0.4, -0.2) is 18.5 Å². The summed E-state index contributed by atoms with van der Waals surface area (Å²) in [6, 6.07) is 3.79. The number of carbonyl (C=O) groups excluding carboxylic acids is 1. The van der Waals surface area contributed by atoms with E-state index in [2.05, 4.69) is 5.32 Å². The van der Waals surface area contributed by atoms with Gasteiger partial charge in [-0.15, -0.1) is 0 Å². The van der Waals surface area contributed by atoms with Gasteiger partial charge in [0, 0.05) is 18.2 Å². The van der Waals surface area contributed by atoms with Gasteiger partial charge in [0.15, 0.2) is 0 Å². The Labute approximate surface area is 112 Å². The molecule has 1 amide bonds. The quantitative estimate of drug-likeness (QED) is 0.889. The molecule has 1 unspecified atom stereocenters. The molecule has 18 heavy (non-hydrogen) atoms. The van der Waals surface area contributed by atoms with Crippen molar-refractivity contribution in [2.24, 2.45) is 11.1 Å².